The Labute approximate surface area is 190 Å². The third-order valence-corrected chi connectivity index (χ3v) is 8.44. The average molecular weight is 459 g/mol. The third kappa shape index (κ3) is 4.50. The van der Waals surface area contributed by atoms with E-state index < -0.39 is 22.6 Å². The highest BCUT2D eigenvalue weighted by molar-refractivity contribution is 7.84. The molecular formula is C25H28F2N2O2S. The zero-order chi connectivity index (χ0) is 22.2. The number of rotatable bonds is 6. The SMILES string of the molecule is O=C(C1CC1c1ccccc1-c1c(F)cccc1F)N1CCCCC(NS(=O)C2CC2)C1. The van der Waals surface area contributed by atoms with Crippen molar-refractivity contribution in [3.63, 3.8) is 0 Å². The maximum absolute atomic E-state index is 14.5. The van der Waals surface area contributed by atoms with Crippen molar-refractivity contribution < 1.29 is 17.8 Å². The molecule has 0 spiro atoms. The van der Waals surface area contributed by atoms with Gasteiger partial charge in [-0.05, 0) is 61.3 Å². The Kier molecular flexibility index (Phi) is 6.12. The summed E-state index contributed by atoms with van der Waals surface area (Å²) in [5.74, 6) is -1.28. The van der Waals surface area contributed by atoms with Crippen molar-refractivity contribution in [2.24, 2.45) is 5.92 Å². The van der Waals surface area contributed by atoms with Crippen molar-refractivity contribution >= 4 is 16.9 Å². The van der Waals surface area contributed by atoms with E-state index in [1.165, 1.54) is 18.2 Å². The molecule has 3 aliphatic rings. The number of hydrogen-bond acceptors (Lipinski definition) is 2. The Morgan fingerprint density at radius 1 is 1.00 bits per heavy atom. The standard InChI is InChI=1S/C25H28F2N2O2S/c26-22-9-5-10-23(27)24(22)19-8-2-1-7-18(19)20-14-21(20)25(30)29-13-4-3-6-16(15-29)28-32(31)17-11-12-17/h1-2,5,7-10,16-17,20-21,28H,3-4,6,11-15H2. The molecule has 2 saturated carbocycles. The molecule has 1 heterocycles. The van der Waals surface area contributed by atoms with E-state index in [-0.39, 0.29) is 34.6 Å². The summed E-state index contributed by atoms with van der Waals surface area (Å²) in [6, 6.07) is 11.2. The van der Waals surface area contributed by atoms with Crippen LogP contribution in [0.25, 0.3) is 11.1 Å². The van der Waals surface area contributed by atoms with E-state index in [0.717, 1.165) is 37.7 Å². The molecule has 4 nitrogen and oxygen atoms in total. The highest BCUT2D eigenvalue weighted by Gasteiger charge is 2.47. The van der Waals surface area contributed by atoms with Gasteiger partial charge in [-0.25, -0.2) is 17.7 Å². The largest absolute Gasteiger partial charge is 0.341 e. The number of nitrogens with one attached hydrogen (secondary N) is 1. The van der Waals surface area contributed by atoms with E-state index in [4.69, 9.17) is 0 Å². The molecule has 1 N–H and O–H groups in total. The molecule has 3 fully saturated rings. The quantitative estimate of drug-likeness (QED) is 0.691. The normalized spacial score (nSPS) is 26.4. The van der Waals surface area contributed by atoms with Crippen LogP contribution >= 0.6 is 0 Å². The van der Waals surface area contributed by atoms with Crippen molar-refractivity contribution in [2.75, 3.05) is 13.1 Å². The van der Waals surface area contributed by atoms with Crippen molar-refractivity contribution in [3.05, 3.63) is 59.7 Å². The minimum atomic E-state index is -1.01. The highest BCUT2D eigenvalue weighted by Crippen LogP contribution is 2.51. The number of carbonyl (C=O) groups excluding carboxylic acids is 1. The minimum absolute atomic E-state index is 0.0252. The number of likely N-dealkylation sites (tertiary alicyclic amines) is 1. The topological polar surface area (TPSA) is 49.4 Å². The predicted octanol–water partition coefficient (Wildman–Crippen LogP) is 4.53. The summed E-state index contributed by atoms with van der Waals surface area (Å²) in [6.07, 6.45) is 5.59. The molecule has 0 bridgehead atoms. The lowest BCUT2D eigenvalue weighted by atomic mass is 9.95. The second kappa shape index (κ2) is 9.02. The third-order valence-electron chi connectivity index (χ3n) is 6.79. The van der Waals surface area contributed by atoms with Gasteiger partial charge in [0.15, 0.2) is 0 Å². The van der Waals surface area contributed by atoms with Crippen molar-refractivity contribution in [1.82, 2.24) is 9.62 Å². The number of amides is 1. The van der Waals surface area contributed by atoms with E-state index in [1.54, 1.807) is 12.1 Å². The fourth-order valence-corrected chi connectivity index (χ4v) is 6.11. The van der Waals surface area contributed by atoms with Crippen LogP contribution in [0.3, 0.4) is 0 Å². The Morgan fingerprint density at radius 3 is 2.50 bits per heavy atom. The first-order valence-electron chi connectivity index (χ1n) is 11.5. The van der Waals surface area contributed by atoms with Gasteiger partial charge in [-0.2, -0.15) is 0 Å². The monoisotopic (exact) mass is 458 g/mol. The van der Waals surface area contributed by atoms with Crippen LogP contribution in [0.2, 0.25) is 0 Å². The average Bonchev–Trinajstić information content (AvgIpc) is 3.67. The molecule has 0 radical (unpaired) electrons. The Balaban J connectivity index is 1.31. The number of benzene rings is 2. The van der Waals surface area contributed by atoms with Crippen LogP contribution in [-0.2, 0) is 15.8 Å². The first-order valence-corrected chi connectivity index (χ1v) is 12.7. The van der Waals surface area contributed by atoms with Crippen LogP contribution in [-0.4, -0.2) is 39.4 Å². The van der Waals surface area contributed by atoms with Crippen LogP contribution in [0, 0.1) is 17.6 Å². The van der Waals surface area contributed by atoms with Crippen LogP contribution in [0.5, 0.6) is 0 Å². The molecule has 7 heteroatoms. The lowest BCUT2D eigenvalue weighted by molar-refractivity contribution is -0.132. The Morgan fingerprint density at radius 2 is 1.75 bits per heavy atom. The Hall–Kier alpha value is -2.12. The summed E-state index contributed by atoms with van der Waals surface area (Å²) in [5, 5.41) is 0.269. The maximum Gasteiger partial charge on any atom is 0.226 e. The smallest absolute Gasteiger partial charge is 0.226 e. The second-order valence-corrected chi connectivity index (χ2v) is 10.7. The Bertz CT molecular complexity index is 1020. The lowest BCUT2D eigenvalue weighted by Gasteiger charge is -2.25. The fourth-order valence-electron chi connectivity index (χ4n) is 4.83. The van der Waals surface area contributed by atoms with E-state index in [2.05, 4.69) is 4.72 Å². The molecule has 5 rings (SSSR count). The van der Waals surface area contributed by atoms with Gasteiger partial charge in [0.25, 0.3) is 0 Å². The van der Waals surface area contributed by atoms with Crippen LogP contribution < -0.4 is 4.72 Å². The van der Waals surface area contributed by atoms with Gasteiger partial charge >= 0.3 is 0 Å². The summed E-state index contributed by atoms with van der Waals surface area (Å²) in [6.45, 7) is 1.28. The molecule has 4 atom stereocenters. The zero-order valence-electron chi connectivity index (χ0n) is 17.9. The summed E-state index contributed by atoms with van der Waals surface area (Å²) < 4.78 is 44.5. The predicted molar refractivity (Wildman–Crippen MR) is 121 cm³/mol. The zero-order valence-corrected chi connectivity index (χ0v) is 18.8. The van der Waals surface area contributed by atoms with E-state index in [1.807, 2.05) is 17.0 Å². The summed E-state index contributed by atoms with van der Waals surface area (Å²) in [5.41, 5.74) is 1.33. The number of hydrogen-bond donors (Lipinski definition) is 1. The van der Waals surface area contributed by atoms with E-state index >= 15 is 0 Å². The molecule has 2 aliphatic carbocycles. The molecule has 0 aromatic heterocycles. The maximum atomic E-state index is 14.5. The molecule has 1 amide bonds. The van der Waals surface area contributed by atoms with Gasteiger partial charge in [0.05, 0.1) is 16.5 Å². The molecule has 32 heavy (non-hydrogen) atoms. The minimum Gasteiger partial charge on any atom is -0.341 e. The van der Waals surface area contributed by atoms with E-state index in [9.17, 15) is 17.8 Å². The number of carbonyl (C=O) groups is 1. The lowest BCUT2D eigenvalue weighted by Crippen LogP contribution is -2.44. The summed E-state index contributed by atoms with van der Waals surface area (Å²) in [4.78, 5) is 15.2. The van der Waals surface area contributed by atoms with Crippen LogP contribution in [0.1, 0.15) is 50.0 Å². The molecule has 1 saturated heterocycles. The number of nitrogens with zero attached hydrogens (tertiary/aromatic N) is 1. The van der Waals surface area contributed by atoms with Crippen molar-refractivity contribution in [1.29, 1.82) is 0 Å². The molecule has 2 aromatic carbocycles. The molecular weight excluding hydrogens is 430 g/mol. The van der Waals surface area contributed by atoms with E-state index in [0.29, 0.717) is 25.1 Å². The van der Waals surface area contributed by atoms with Gasteiger partial charge in [0.2, 0.25) is 5.91 Å². The molecule has 2 aromatic rings. The van der Waals surface area contributed by atoms with Crippen molar-refractivity contribution in [2.45, 2.75) is 55.7 Å². The van der Waals surface area contributed by atoms with Gasteiger partial charge in [-0.15, -0.1) is 0 Å². The highest BCUT2D eigenvalue weighted by atomic mass is 32.2. The molecule has 170 valence electrons. The van der Waals surface area contributed by atoms with Gasteiger partial charge in [0.1, 0.15) is 11.6 Å². The molecule has 4 unspecified atom stereocenters. The van der Waals surface area contributed by atoms with Gasteiger partial charge < -0.3 is 4.90 Å². The van der Waals surface area contributed by atoms with Gasteiger partial charge in [0, 0.05) is 30.3 Å². The van der Waals surface area contributed by atoms with Gasteiger partial charge in [-0.3, -0.25) is 4.79 Å². The first kappa shape index (κ1) is 21.7. The van der Waals surface area contributed by atoms with Gasteiger partial charge in [-0.1, -0.05) is 36.8 Å². The first-order chi connectivity index (χ1) is 15.5. The molecule has 1 aliphatic heterocycles. The van der Waals surface area contributed by atoms with Crippen LogP contribution in [0.15, 0.2) is 42.5 Å². The fraction of sp³-hybridized carbons (Fsp3) is 0.480. The second-order valence-electron chi connectivity index (χ2n) is 9.22. The van der Waals surface area contributed by atoms with Crippen LogP contribution in [0.4, 0.5) is 8.78 Å². The number of halogens is 2. The summed E-state index contributed by atoms with van der Waals surface area (Å²) >= 11 is 0. The van der Waals surface area contributed by atoms with Crippen molar-refractivity contribution in [3.8, 4) is 11.1 Å². The summed E-state index contributed by atoms with van der Waals surface area (Å²) in [7, 11) is -1.01.